The molecule has 1 atom stereocenters. The van der Waals surface area contributed by atoms with Crippen LogP contribution in [0.1, 0.15) is 12.5 Å². The van der Waals surface area contributed by atoms with E-state index < -0.39 is 12.0 Å². The maximum absolute atomic E-state index is 12.3. The van der Waals surface area contributed by atoms with E-state index >= 15 is 0 Å². The molecule has 0 saturated heterocycles. The quantitative estimate of drug-likeness (QED) is 0.450. The first-order chi connectivity index (χ1) is 13.5. The maximum Gasteiger partial charge on any atom is 0.280 e. The number of hydrogen-bond donors (Lipinski definition) is 1. The third-order valence-electron chi connectivity index (χ3n) is 4.09. The van der Waals surface area contributed by atoms with E-state index in [9.17, 15) is 4.79 Å². The van der Waals surface area contributed by atoms with Crippen LogP contribution in [-0.2, 0) is 4.79 Å². The number of halogens is 2. The minimum atomic E-state index is -0.801. The number of methoxy groups -OCH3 is 1. The van der Waals surface area contributed by atoms with Crippen LogP contribution in [0.25, 0.3) is 10.8 Å². The maximum atomic E-state index is 12.3. The van der Waals surface area contributed by atoms with Gasteiger partial charge in [0, 0.05) is 10.6 Å². The summed E-state index contributed by atoms with van der Waals surface area (Å²) in [5.74, 6) is 0.615. The minimum absolute atomic E-state index is 0.330. The van der Waals surface area contributed by atoms with Gasteiger partial charge in [-0.3, -0.25) is 4.79 Å². The molecule has 0 bridgehead atoms. The molecule has 0 radical (unpaired) electrons. The van der Waals surface area contributed by atoms with Crippen LogP contribution in [0.4, 0.5) is 0 Å². The van der Waals surface area contributed by atoms with Crippen molar-refractivity contribution < 1.29 is 14.3 Å². The SMILES string of the molecule is COc1ccc2ccccc2c1/C=N/NC(=O)C(C)Oc1ccc(Cl)cc1Cl. The molecule has 5 nitrogen and oxygen atoms in total. The Balaban J connectivity index is 1.72. The fourth-order valence-corrected chi connectivity index (χ4v) is 3.11. The second-order valence-corrected chi connectivity index (χ2v) is 6.82. The smallest absolute Gasteiger partial charge is 0.280 e. The molecule has 3 rings (SSSR count). The Morgan fingerprint density at radius 1 is 1.11 bits per heavy atom. The lowest BCUT2D eigenvalue weighted by Crippen LogP contribution is -2.33. The zero-order valence-corrected chi connectivity index (χ0v) is 16.8. The lowest BCUT2D eigenvalue weighted by Gasteiger charge is -2.14. The van der Waals surface area contributed by atoms with Crippen molar-refractivity contribution in [3.63, 3.8) is 0 Å². The highest BCUT2D eigenvalue weighted by Crippen LogP contribution is 2.28. The molecule has 0 aliphatic heterocycles. The van der Waals surface area contributed by atoms with Crippen molar-refractivity contribution in [1.82, 2.24) is 5.43 Å². The molecular weight excluding hydrogens is 399 g/mol. The second-order valence-electron chi connectivity index (χ2n) is 5.97. The van der Waals surface area contributed by atoms with Gasteiger partial charge in [-0.25, -0.2) is 5.43 Å². The summed E-state index contributed by atoms with van der Waals surface area (Å²) in [6.07, 6.45) is 0.756. The van der Waals surface area contributed by atoms with Crippen molar-refractivity contribution in [1.29, 1.82) is 0 Å². The Kier molecular flexibility index (Phi) is 6.39. The largest absolute Gasteiger partial charge is 0.496 e. The molecule has 0 aromatic heterocycles. The normalized spacial score (nSPS) is 12.1. The van der Waals surface area contributed by atoms with Gasteiger partial charge in [0.15, 0.2) is 6.10 Å². The monoisotopic (exact) mass is 416 g/mol. The molecule has 3 aromatic rings. The number of rotatable bonds is 6. The van der Waals surface area contributed by atoms with Gasteiger partial charge in [0.2, 0.25) is 0 Å². The Morgan fingerprint density at radius 3 is 2.61 bits per heavy atom. The third kappa shape index (κ3) is 4.55. The Labute approximate surface area is 172 Å². The second kappa shape index (κ2) is 8.95. The number of benzene rings is 3. The number of hydrazone groups is 1. The molecule has 1 unspecified atom stereocenters. The van der Waals surface area contributed by atoms with E-state index in [-0.39, 0.29) is 0 Å². The molecule has 0 fully saturated rings. The first kappa shape index (κ1) is 20.0. The van der Waals surface area contributed by atoms with Crippen molar-refractivity contribution in [2.45, 2.75) is 13.0 Å². The van der Waals surface area contributed by atoms with Gasteiger partial charge in [-0.2, -0.15) is 5.10 Å². The van der Waals surface area contributed by atoms with Crippen molar-refractivity contribution >= 4 is 46.1 Å². The standard InChI is InChI=1S/C21H18Cl2N2O3/c1-13(28-20-10-8-15(22)11-18(20)23)21(26)25-24-12-17-16-6-4-3-5-14(16)7-9-19(17)27-2/h3-13H,1-2H3,(H,25,26)/b24-12+. The Hall–Kier alpha value is -2.76. The molecule has 1 N–H and O–H groups in total. The van der Waals surface area contributed by atoms with Crippen molar-refractivity contribution in [3.05, 3.63) is 70.2 Å². The van der Waals surface area contributed by atoms with E-state index in [2.05, 4.69) is 10.5 Å². The summed E-state index contributed by atoms with van der Waals surface area (Å²) in [6, 6.07) is 16.5. The number of fused-ring (bicyclic) bond motifs is 1. The molecule has 28 heavy (non-hydrogen) atoms. The van der Waals surface area contributed by atoms with Crippen LogP contribution in [0, 0.1) is 0 Å². The zero-order valence-electron chi connectivity index (χ0n) is 15.3. The molecule has 0 aliphatic carbocycles. The molecule has 0 heterocycles. The number of amides is 1. The van der Waals surface area contributed by atoms with Gasteiger partial charge < -0.3 is 9.47 Å². The van der Waals surface area contributed by atoms with Crippen molar-refractivity contribution in [3.8, 4) is 11.5 Å². The number of hydrogen-bond acceptors (Lipinski definition) is 4. The first-order valence-corrected chi connectivity index (χ1v) is 9.25. The number of carbonyl (C=O) groups excluding carboxylic acids is 1. The highest BCUT2D eigenvalue weighted by Gasteiger charge is 2.16. The predicted molar refractivity (Wildman–Crippen MR) is 113 cm³/mol. The highest BCUT2D eigenvalue weighted by atomic mass is 35.5. The van der Waals surface area contributed by atoms with Crippen LogP contribution < -0.4 is 14.9 Å². The van der Waals surface area contributed by atoms with Crippen LogP contribution in [0.3, 0.4) is 0 Å². The summed E-state index contributed by atoms with van der Waals surface area (Å²) in [6.45, 7) is 1.61. The fraction of sp³-hybridized carbons (Fsp3) is 0.143. The van der Waals surface area contributed by atoms with Gasteiger partial charge in [-0.15, -0.1) is 0 Å². The van der Waals surface area contributed by atoms with Gasteiger partial charge >= 0.3 is 0 Å². The highest BCUT2D eigenvalue weighted by molar-refractivity contribution is 6.35. The van der Waals surface area contributed by atoms with E-state index in [0.29, 0.717) is 21.5 Å². The number of nitrogens with zero attached hydrogens (tertiary/aromatic N) is 1. The third-order valence-corrected chi connectivity index (χ3v) is 4.62. The summed E-state index contributed by atoms with van der Waals surface area (Å²) in [7, 11) is 1.59. The lowest BCUT2D eigenvalue weighted by molar-refractivity contribution is -0.127. The van der Waals surface area contributed by atoms with Crippen molar-refractivity contribution in [2.75, 3.05) is 7.11 Å². The van der Waals surface area contributed by atoms with Gasteiger partial charge in [0.05, 0.1) is 18.3 Å². The van der Waals surface area contributed by atoms with Crippen LogP contribution in [0.15, 0.2) is 59.7 Å². The molecule has 144 valence electrons. The Morgan fingerprint density at radius 2 is 1.86 bits per heavy atom. The number of carbonyl (C=O) groups is 1. The average molecular weight is 417 g/mol. The fourth-order valence-electron chi connectivity index (χ4n) is 2.65. The molecule has 1 amide bonds. The van der Waals surface area contributed by atoms with E-state index in [0.717, 1.165) is 16.3 Å². The predicted octanol–water partition coefficient (Wildman–Crippen LogP) is 5.07. The van der Waals surface area contributed by atoms with E-state index in [1.54, 1.807) is 38.4 Å². The molecule has 0 aliphatic rings. The summed E-state index contributed by atoms with van der Waals surface area (Å²) in [5, 5.41) is 6.90. The van der Waals surface area contributed by atoms with E-state index in [1.165, 1.54) is 0 Å². The topological polar surface area (TPSA) is 59.9 Å². The summed E-state index contributed by atoms with van der Waals surface area (Å²) in [5.41, 5.74) is 3.25. The van der Waals surface area contributed by atoms with Gasteiger partial charge in [0.1, 0.15) is 11.5 Å². The van der Waals surface area contributed by atoms with Gasteiger partial charge in [-0.05, 0) is 42.0 Å². The Bertz CT molecular complexity index is 1040. The molecular formula is C21H18Cl2N2O3. The van der Waals surface area contributed by atoms with Gasteiger partial charge in [0.25, 0.3) is 5.91 Å². The molecule has 0 saturated carbocycles. The van der Waals surface area contributed by atoms with Crippen LogP contribution in [-0.4, -0.2) is 25.3 Å². The zero-order chi connectivity index (χ0) is 20.1. The molecule has 0 spiro atoms. The summed E-state index contributed by atoms with van der Waals surface area (Å²) >= 11 is 11.9. The molecule has 3 aromatic carbocycles. The van der Waals surface area contributed by atoms with E-state index in [4.69, 9.17) is 32.7 Å². The minimum Gasteiger partial charge on any atom is -0.496 e. The van der Waals surface area contributed by atoms with Crippen LogP contribution in [0.2, 0.25) is 10.0 Å². The van der Waals surface area contributed by atoms with Crippen molar-refractivity contribution in [2.24, 2.45) is 5.10 Å². The summed E-state index contributed by atoms with van der Waals surface area (Å²) < 4.78 is 11.0. The van der Waals surface area contributed by atoms with Crippen LogP contribution >= 0.6 is 23.2 Å². The number of nitrogens with one attached hydrogen (secondary N) is 1. The first-order valence-electron chi connectivity index (χ1n) is 8.50. The van der Waals surface area contributed by atoms with Crippen LogP contribution in [0.5, 0.6) is 11.5 Å². The van der Waals surface area contributed by atoms with E-state index in [1.807, 2.05) is 36.4 Å². The number of ether oxygens (including phenoxy) is 2. The molecule has 7 heteroatoms. The van der Waals surface area contributed by atoms with Gasteiger partial charge in [-0.1, -0.05) is 53.5 Å². The lowest BCUT2D eigenvalue weighted by atomic mass is 10.0. The summed E-state index contributed by atoms with van der Waals surface area (Å²) in [4.78, 5) is 12.3. The average Bonchev–Trinajstić information content (AvgIpc) is 2.69.